The molecule has 0 aromatic heterocycles. The van der Waals surface area contributed by atoms with Gasteiger partial charge in [-0.25, -0.2) is 0 Å². The van der Waals surface area contributed by atoms with Crippen LogP contribution in [0.3, 0.4) is 0 Å². The van der Waals surface area contributed by atoms with Crippen LogP contribution in [0.5, 0.6) is 0 Å². The van der Waals surface area contributed by atoms with Gasteiger partial charge < -0.3 is 0 Å². The Bertz CT molecular complexity index is 2610. The van der Waals surface area contributed by atoms with Crippen LogP contribution in [-0.2, 0) is 23.8 Å². The standard InChI is InChI=1S/C34H45N2O4P.C30H39N4O2P.BrH/c1-33(2,3)40-32(38)36(4)27-34(21-24-39-25-22-34)31(37)35-23-14-26-41(28-15-8-5-9-16-28,29-17-10-6-11-18-29)30-19-12-7-13-20-30;1-34(29(31)32)24-30(18-21-36-22-19-30)28(35)33-20-11-23-37(25-12-5-2-6-13-25,26-14-7-3-8-15-26)27-16-9-4-10-17-27;/h5-13,15-20,41H,14,21-27H2,1-4H3,(H,35,37);2-10,12-17,37H,11,18-24H2,1H3,(H3,31,32)(H,33,35);1H. The number of rotatable bonds is 20. The zero-order valence-electron chi connectivity index (χ0n) is 47.0. The average Bonchev–Trinajstić information content (AvgIpc) is 3.51. The number of nitrogens with two attached hydrogens (primary N) is 1. The second-order valence-electron chi connectivity index (χ2n) is 22.1. The molecule has 0 atom stereocenters. The molecule has 3 amide bonds. The van der Waals surface area contributed by atoms with E-state index in [0.717, 1.165) is 25.2 Å². The Kier molecular flexibility index (Phi) is 23.2. The topological polar surface area (TPSA) is 159 Å². The Morgan fingerprint density at radius 2 is 0.785 bits per heavy atom. The van der Waals surface area contributed by atoms with E-state index in [1.54, 1.807) is 19.0 Å². The van der Waals surface area contributed by atoms with Crippen LogP contribution in [-0.4, -0.2) is 118 Å². The minimum atomic E-state index is -2.36. The molecule has 8 rings (SSSR count). The van der Waals surface area contributed by atoms with E-state index in [1.165, 1.54) is 36.7 Å². The van der Waals surface area contributed by atoms with Crippen molar-refractivity contribution in [1.29, 1.82) is 5.41 Å². The van der Waals surface area contributed by atoms with Crippen molar-refractivity contribution >= 4 is 87.2 Å². The SMILES string of the molecule is Br.CN(CC1(C(=O)NCCC[PH](c2ccccc2)(c2ccccc2)c2ccccc2)CCOCC1)C(=N)N.CN(CC1(C(=O)NCCC[PH](c2ccccc2)(c2ccccc2)c2ccccc2)CCOCC1)C(=O)OC(C)(C)C. The van der Waals surface area contributed by atoms with Gasteiger partial charge in [-0.05, 0) is 0 Å². The molecule has 6 aromatic rings. The van der Waals surface area contributed by atoms with E-state index < -0.39 is 37.0 Å². The van der Waals surface area contributed by atoms with E-state index in [-0.39, 0.29) is 34.8 Å². The Balaban J connectivity index is 0.000000253. The molecule has 5 N–H and O–H groups in total. The van der Waals surface area contributed by atoms with Gasteiger partial charge in [0.25, 0.3) is 0 Å². The number of amides is 3. The van der Waals surface area contributed by atoms with Crippen molar-refractivity contribution in [2.75, 3.05) is 79.0 Å². The fourth-order valence-corrected chi connectivity index (χ4v) is 21.2. The van der Waals surface area contributed by atoms with Gasteiger partial charge in [-0.2, -0.15) is 0 Å². The molecule has 0 radical (unpaired) electrons. The second kappa shape index (κ2) is 29.5. The Labute approximate surface area is 481 Å². The van der Waals surface area contributed by atoms with Gasteiger partial charge in [0.05, 0.1) is 0 Å². The molecule has 0 bridgehead atoms. The number of nitrogens with zero attached hydrogens (tertiary/aromatic N) is 2. The third kappa shape index (κ3) is 15.9. The third-order valence-electron chi connectivity index (χ3n) is 15.7. The quantitative estimate of drug-likeness (QED) is 0.0257. The van der Waals surface area contributed by atoms with E-state index in [9.17, 15) is 14.4 Å². The van der Waals surface area contributed by atoms with Crippen LogP contribution in [0.1, 0.15) is 59.3 Å². The number of nitrogens with one attached hydrogen (secondary N) is 3. The summed E-state index contributed by atoms with van der Waals surface area (Å²) in [6, 6.07) is 65.1. The summed E-state index contributed by atoms with van der Waals surface area (Å²) < 4.78 is 16.7. The minimum absolute atomic E-state index is 0. The number of halogens is 1. The number of benzene rings is 6. The third-order valence-corrected chi connectivity index (χ3v) is 25.8. The zero-order chi connectivity index (χ0) is 55.5. The maximum absolute atomic E-state index is 13.8. The molecule has 15 heteroatoms. The van der Waals surface area contributed by atoms with Crippen molar-refractivity contribution in [2.45, 2.75) is 64.9 Å². The predicted molar refractivity (Wildman–Crippen MR) is 337 cm³/mol. The monoisotopic (exact) mass is 1170 g/mol. The summed E-state index contributed by atoms with van der Waals surface area (Å²) in [4.78, 5) is 43.2. The van der Waals surface area contributed by atoms with Crippen molar-refractivity contribution in [3.63, 3.8) is 0 Å². The van der Waals surface area contributed by atoms with E-state index in [4.69, 9.17) is 25.4 Å². The van der Waals surface area contributed by atoms with Gasteiger partial charge in [0.2, 0.25) is 0 Å². The summed E-state index contributed by atoms with van der Waals surface area (Å²) in [5.41, 5.74) is 3.81. The molecule has 79 heavy (non-hydrogen) atoms. The van der Waals surface area contributed by atoms with E-state index >= 15 is 0 Å². The van der Waals surface area contributed by atoms with E-state index in [0.29, 0.717) is 78.3 Å². The molecule has 0 saturated carbocycles. The molecule has 6 aromatic carbocycles. The summed E-state index contributed by atoms with van der Waals surface area (Å²) in [6.45, 7) is 9.53. The summed E-state index contributed by atoms with van der Waals surface area (Å²) in [7, 11) is -1.20. The van der Waals surface area contributed by atoms with E-state index in [2.05, 4.69) is 193 Å². The number of carbonyl (C=O) groups is 3. The van der Waals surface area contributed by atoms with Crippen LogP contribution in [0.4, 0.5) is 4.79 Å². The molecule has 0 aliphatic carbocycles. The van der Waals surface area contributed by atoms with Gasteiger partial charge in [-0.15, -0.1) is 17.0 Å². The van der Waals surface area contributed by atoms with Gasteiger partial charge in [0.15, 0.2) is 0 Å². The molecule has 2 heterocycles. The Hall–Kier alpha value is -5.94. The van der Waals surface area contributed by atoms with Crippen molar-refractivity contribution < 1.29 is 28.6 Å². The predicted octanol–water partition coefficient (Wildman–Crippen LogP) is 8.30. The van der Waals surface area contributed by atoms with Crippen LogP contribution in [0, 0.1) is 16.2 Å². The first-order valence-electron chi connectivity index (χ1n) is 27.7. The molecular weight excluding hydrogens is 1090 g/mol. The van der Waals surface area contributed by atoms with Gasteiger partial charge in [0.1, 0.15) is 0 Å². The number of ether oxygens (including phenoxy) is 3. The molecule has 2 aliphatic heterocycles. The summed E-state index contributed by atoms with van der Waals surface area (Å²) in [5.74, 6) is 0.000873. The Morgan fingerprint density at radius 1 is 0.519 bits per heavy atom. The number of hydrogen-bond donors (Lipinski definition) is 4. The van der Waals surface area contributed by atoms with Crippen LogP contribution in [0.15, 0.2) is 182 Å². The first kappa shape index (κ1) is 62.3. The van der Waals surface area contributed by atoms with Crippen molar-refractivity contribution in [3.05, 3.63) is 182 Å². The van der Waals surface area contributed by atoms with Gasteiger partial charge in [0, 0.05) is 0 Å². The number of guanidine groups is 1. The molecule has 0 spiro atoms. The molecule has 2 saturated heterocycles. The van der Waals surface area contributed by atoms with Gasteiger partial charge in [-0.3, -0.25) is 0 Å². The van der Waals surface area contributed by atoms with Gasteiger partial charge in [-0.1, -0.05) is 0 Å². The van der Waals surface area contributed by atoms with Crippen molar-refractivity contribution in [3.8, 4) is 0 Å². The summed E-state index contributed by atoms with van der Waals surface area (Å²) >= 11 is 0. The van der Waals surface area contributed by atoms with E-state index in [1.807, 2.05) is 20.8 Å². The first-order chi connectivity index (χ1) is 37.6. The van der Waals surface area contributed by atoms with Crippen LogP contribution in [0.25, 0.3) is 0 Å². The second-order valence-corrected chi connectivity index (χ2v) is 30.2. The number of carbonyl (C=O) groups excluding carboxylic acids is 3. The molecule has 2 fully saturated rings. The first-order valence-corrected chi connectivity index (χ1v) is 32.1. The van der Waals surface area contributed by atoms with Crippen LogP contribution >= 0.6 is 31.5 Å². The van der Waals surface area contributed by atoms with Crippen molar-refractivity contribution in [2.24, 2.45) is 16.6 Å². The molecule has 424 valence electrons. The summed E-state index contributed by atoms with van der Waals surface area (Å²) in [6.07, 6.45) is 5.64. The number of hydrogen-bond acceptors (Lipinski definition) is 7. The normalized spacial score (nSPS) is 15.3. The summed E-state index contributed by atoms with van der Waals surface area (Å²) in [5, 5.41) is 22.5. The fraction of sp³-hybridized carbons (Fsp3) is 0.375. The maximum atomic E-state index is 13.8. The molecule has 0 unspecified atom stereocenters. The van der Waals surface area contributed by atoms with Crippen LogP contribution in [0.2, 0.25) is 0 Å². The molecular formula is C64H85BrN6O6P2. The van der Waals surface area contributed by atoms with Crippen LogP contribution < -0.4 is 48.2 Å². The van der Waals surface area contributed by atoms with Gasteiger partial charge >= 0.3 is 467 Å². The Morgan fingerprint density at radius 3 is 1.04 bits per heavy atom. The fourth-order valence-electron chi connectivity index (χ4n) is 11.5. The molecule has 12 nitrogen and oxygen atoms in total. The average molecular weight is 1180 g/mol. The zero-order valence-corrected chi connectivity index (χ0v) is 50.7. The van der Waals surface area contributed by atoms with Crippen molar-refractivity contribution in [1.82, 2.24) is 20.4 Å². The molecule has 2 aliphatic rings.